The van der Waals surface area contributed by atoms with Crippen molar-refractivity contribution < 1.29 is 27.2 Å². The summed E-state index contributed by atoms with van der Waals surface area (Å²) in [6, 6.07) is 8.46. The van der Waals surface area contributed by atoms with E-state index in [1.165, 1.54) is 12.1 Å². The fourth-order valence-corrected chi connectivity index (χ4v) is 13.9. The maximum atomic E-state index is 14.0. The van der Waals surface area contributed by atoms with E-state index in [9.17, 15) is 13.8 Å². The van der Waals surface area contributed by atoms with E-state index < -0.39 is 15.9 Å². The van der Waals surface area contributed by atoms with Crippen molar-refractivity contribution in [2.24, 2.45) is 0 Å². The molecule has 2 heterocycles. The Hall–Kier alpha value is -2.58. The predicted octanol–water partition coefficient (Wildman–Crippen LogP) is 8.87. The molecule has 0 unspecified atom stereocenters. The normalized spacial score (nSPS) is 14.1. The summed E-state index contributed by atoms with van der Waals surface area (Å²) in [5.74, 6) is 0.110. The Labute approximate surface area is 256 Å². The standard InChI is InChI=1S/C33H46FN2O5PSi/c1-10-39-42(38,40-11-2)20-29-27-17-25(16-24-12-14-26(34)15-13-24)18-35-31(27)32(30-28(29)19-36(9)33(30)37)41-43(21(3)4,22(5)6)23(7)8/h12-15,17-18,21-23H,10-11,16,19-20H2,1-9H3. The zero-order valence-electron chi connectivity index (χ0n) is 27.0. The highest BCUT2D eigenvalue weighted by atomic mass is 31.2. The third-order valence-electron chi connectivity index (χ3n) is 8.64. The lowest BCUT2D eigenvalue weighted by molar-refractivity contribution is 0.0815. The highest BCUT2D eigenvalue weighted by molar-refractivity contribution is 7.53. The topological polar surface area (TPSA) is 78.0 Å². The van der Waals surface area contributed by atoms with Gasteiger partial charge < -0.3 is 18.4 Å². The Balaban J connectivity index is 2.04. The summed E-state index contributed by atoms with van der Waals surface area (Å²) in [5.41, 5.74) is 5.29. The molecule has 0 saturated heterocycles. The predicted molar refractivity (Wildman–Crippen MR) is 173 cm³/mol. The van der Waals surface area contributed by atoms with Crippen LogP contribution < -0.4 is 4.43 Å². The average Bonchev–Trinajstić information content (AvgIpc) is 3.23. The molecule has 1 amide bonds. The van der Waals surface area contributed by atoms with E-state index in [0.29, 0.717) is 29.8 Å². The number of hydrogen-bond acceptors (Lipinski definition) is 6. The molecule has 0 N–H and O–H groups in total. The lowest BCUT2D eigenvalue weighted by Crippen LogP contribution is -2.51. The quantitative estimate of drug-likeness (QED) is 0.139. The molecule has 3 aromatic rings. The molecule has 0 fully saturated rings. The number of rotatable bonds is 13. The van der Waals surface area contributed by atoms with Crippen molar-refractivity contribution in [3.8, 4) is 5.75 Å². The second-order valence-corrected chi connectivity index (χ2v) is 19.8. The third-order valence-corrected chi connectivity index (χ3v) is 16.6. The van der Waals surface area contributed by atoms with Crippen LogP contribution in [0.15, 0.2) is 36.5 Å². The molecule has 2 aromatic carbocycles. The van der Waals surface area contributed by atoms with Crippen molar-refractivity contribution in [1.29, 1.82) is 0 Å². The van der Waals surface area contributed by atoms with E-state index in [0.717, 1.165) is 27.6 Å². The Morgan fingerprint density at radius 3 is 2.09 bits per heavy atom. The summed E-state index contributed by atoms with van der Waals surface area (Å²) >= 11 is 0. The maximum Gasteiger partial charge on any atom is 0.335 e. The molecule has 4 rings (SSSR count). The van der Waals surface area contributed by atoms with Crippen molar-refractivity contribution in [2.75, 3.05) is 20.3 Å². The number of aromatic nitrogens is 1. The van der Waals surface area contributed by atoms with Gasteiger partial charge in [0.2, 0.25) is 0 Å². The molecule has 43 heavy (non-hydrogen) atoms. The number of amides is 1. The summed E-state index contributed by atoms with van der Waals surface area (Å²) in [5, 5.41) is 0.773. The first-order valence-electron chi connectivity index (χ1n) is 15.3. The Morgan fingerprint density at radius 1 is 0.977 bits per heavy atom. The minimum Gasteiger partial charge on any atom is -0.541 e. The van der Waals surface area contributed by atoms with Crippen molar-refractivity contribution in [3.05, 3.63) is 70.2 Å². The Kier molecular flexibility index (Phi) is 10.2. The molecule has 0 spiro atoms. The van der Waals surface area contributed by atoms with E-state index in [2.05, 4.69) is 41.5 Å². The second kappa shape index (κ2) is 13.2. The average molecular weight is 629 g/mol. The largest absolute Gasteiger partial charge is 0.541 e. The lowest BCUT2D eigenvalue weighted by Gasteiger charge is -2.42. The number of halogens is 1. The number of carbonyl (C=O) groups excluding carboxylic acids is 1. The summed E-state index contributed by atoms with van der Waals surface area (Å²) in [6.45, 7) is 17.7. The van der Waals surface area contributed by atoms with E-state index in [-0.39, 0.29) is 47.7 Å². The summed E-state index contributed by atoms with van der Waals surface area (Å²) < 4.78 is 46.3. The summed E-state index contributed by atoms with van der Waals surface area (Å²) in [6.07, 6.45) is 2.34. The van der Waals surface area contributed by atoms with Gasteiger partial charge in [-0.25, -0.2) is 4.39 Å². The molecular formula is C33H46FN2O5PSi. The number of hydrogen-bond donors (Lipinski definition) is 0. The Bertz CT molecular complexity index is 1490. The zero-order chi connectivity index (χ0) is 31.7. The van der Waals surface area contributed by atoms with Crippen LogP contribution in [0, 0.1) is 5.82 Å². The van der Waals surface area contributed by atoms with Gasteiger partial charge in [-0.05, 0) is 77.3 Å². The van der Waals surface area contributed by atoms with Crippen molar-refractivity contribution >= 4 is 32.7 Å². The first-order chi connectivity index (χ1) is 20.3. The van der Waals surface area contributed by atoms with Crippen molar-refractivity contribution in [1.82, 2.24) is 9.88 Å². The lowest BCUT2D eigenvalue weighted by atomic mass is 9.96. The van der Waals surface area contributed by atoms with Crippen LogP contribution >= 0.6 is 7.60 Å². The van der Waals surface area contributed by atoms with E-state index in [1.54, 1.807) is 44.1 Å². The van der Waals surface area contributed by atoms with Crippen LogP contribution in [0.25, 0.3) is 10.9 Å². The number of benzene rings is 2. The molecule has 7 nitrogen and oxygen atoms in total. The number of nitrogens with zero attached hydrogens (tertiary/aromatic N) is 2. The summed E-state index contributed by atoms with van der Waals surface area (Å²) in [4.78, 5) is 20.5. The van der Waals surface area contributed by atoms with Crippen LogP contribution in [0.3, 0.4) is 0 Å². The van der Waals surface area contributed by atoms with Gasteiger partial charge in [0.05, 0.1) is 24.9 Å². The minimum absolute atomic E-state index is 0.0116. The van der Waals surface area contributed by atoms with Crippen LogP contribution in [-0.4, -0.2) is 44.4 Å². The minimum atomic E-state index is -3.54. The smallest absolute Gasteiger partial charge is 0.335 e. The number of fused-ring (bicyclic) bond motifs is 2. The fraction of sp³-hybridized carbons (Fsp3) is 0.515. The monoisotopic (exact) mass is 628 g/mol. The highest BCUT2D eigenvalue weighted by Crippen LogP contribution is 2.55. The zero-order valence-corrected chi connectivity index (χ0v) is 28.9. The van der Waals surface area contributed by atoms with Crippen LogP contribution in [0.5, 0.6) is 5.75 Å². The van der Waals surface area contributed by atoms with Gasteiger partial charge in [0.15, 0.2) is 0 Å². The van der Waals surface area contributed by atoms with Crippen LogP contribution in [0.2, 0.25) is 16.6 Å². The van der Waals surface area contributed by atoms with Crippen molar-refractivity contribution in [2.45, 2.75) is 91.1 Å². The van der Waals surface area contributed by atoms with Gasteiger partial charge in [0, 0.05) is 25.2 Å². The Morgan fingerprint density at radius 2 is 1.56 bits per heavy atom. The van der Waals surface area contributed by atoms with E-state index in [4.69, 9.17) is 18.5 Å². The van der Waals surface area contributed by atoms with Gasteiger partial charge in [0.1, 0.15) is 17.1 Å². The highest BCUT2D eigenvalue weighted by Gasteiger charge is 2.49. The second-order valence-electron chi connectivity index (χ2n) is 12.4. The van der Waals surface area contributed by atoms with E-state index >= 15 is 0 Å². The van der Waals surface area contributed by atoms with Gasteiger partial charge in [-0.3, -0.25) is 14.3 Å². The van der Waals surface area contributed by atoms with Gasteiger partial charge in [-0.15, -0.1) is 0 Å². The molecule has 0 aliphatic carbocycles. The summed E-state index contributed by atoms with van der Waals surface area (Å²) in [7, 11) is -4.26. The molecule has 1 aliphatic rings. The maximum absolute atomic E-state index is 14.0. The molecule has 10 heteroatoms. The molecule has 1 aliphatic heterocycles. The number of pyridine rings is 1. The first-order valence-corrected chi connectivity index (χ1v) is 19.2. The molecule has 0 atom stereocenters. The van der Waals surface area contributed by atoms with Crippen molar-refractivity contribution in [3.63, 3.8) is 0 Å². The van der Waals surface area contributed by atoms with Gasteiger partial charge in [-0.1, -0.05) is 53.7 Å². The van der Waals surface area contributed by atoms with Gasteiger partial charge in [-0.2, -0.15) is 0 Å². The molecular weight excluding hydrogens is 582 g/mol. The van der Waals surface area contributed by atoms with Crippen LogP contribution in [0.1, 0.15) is 88.0 Å². The first kappa shape index (κ1) is 33.3. The molecule has 0 radical (unpaired) electrons. The SMILES string of the molecule is CCOP(=O)(Cc1c2c(c(O[Si](C(C)C)(C(C)C)C(C)C)c3ncc(Cc4ccc(F)cc4)cc13)C(=O)N(C)C2)OCC. The fourth-order valence-electron chi connectivity index (χ4n) is 6.85. The number of carbonyl (C=O) groups is 1. The van der Waals surface area contributed by atoms with Crippen LogP contribution in [0.4, 0.5) is 4.39 Å². The molecule has 0 saturated carbocycles. The molecule has 234 valence electrons. The van der Waals surface area contributed by atoms with Gasteiger partial charge >= 0.3 is 7.60 Å². The van der Waals surface area contributed by atoms with Gasteiger partial charge in [0.25, 0.3) is 14.2 Å². The molecule has 1 aromatic heterocycles. The van der Waals surface area contributed by atoms with Crippen LogP contribution in [-0.2, 0) is 32.7 Å². The molecule has 0 bridgehead atoms. The van der Waals surface area contributed by atoms with E-state index in [1.807, 2.05) is 6.07 Å². The third kappa shape index (κ3) is 6.46.